The molecule has 0 amide bonds. The predicted octanol–water partition coefficient (Wildman–Crippen LogP) is 1.79. The number of nitrogens with one attached hydrogen (secondary N) is 1. The summed E-state index contributed by atoms with van der Waals surface area (Å²) >= 11 is 0. The Morgan fingerprint density at radius 2 is 2.15 bits per heavy atom. The average molecular weight is 268 g/mol. The SMILES string of the molecule is CC(N)c1ccn(Cc2nc3ccccc3c(=O)[nH]2)c1. The predicted molar refractivity (Wildman–Crippen MR) is 78.5 cm³/mol. The van der Waals surface area contributed by atoms with Gasteiger partial charge in [-0.3, -0.25) is 4.79 Å². The number of fused-ring (bicyclic) bond motifs is 1. The van der Waals surface area contributed by atoms with Crippen molar-refractivity contribution < 1.29 is 0 Å². The molecular weight excluding hydrogens is 252 g/mol. The van der Waals surface area contributed by atoms with Gasteiger partial charge in [-0.25, -0.2) is 4.98 Å². The molecule has 3 rings (SSSR count). The fraction of sp³-hybridized carbons (Fsp3) is 0.200. The van der Waals surface area contributed by atoms with Gasteiger partial charge in [-0.1, -0.05) is 12.1 Å². The van der Waals surface area contributed by atoms with E-state index >= 15 is 0 Å². The Morgan fingerprint density at radius 1 is 1.35 bits per heavy atom. The van der Waals surface area contributed by atoms with E-state index < -0.39 is 0 Å². The third-order valence-electron chi connectivity index (χ3n) is 3.29. The van der Waals surface area contributed by atoms with Gasteiger partial charge in [0.15, 0.2) is 0 Å². The number of aromatic nitrogens is 3. The minimum atomic E-state index is -0.106. The van der Waals surface area contributed by atoms with E-state index in [1.54, 1.807) is 6.07 Å². The zero-order valence-electron chi connectivity index (χ0n) is 11.2. The Labute approximate surface area is 116 Å². The minimum absolute atomic E-state index is 0.000128. The number of benzene rings is 1. The second-order valence-electron chi connectivity index (χ2n) is 4.94. The number of nitrogens with two attached hydrogens (primary N) is 1. The molecule has 0 saturated heterocycles. The Morgan fingerprint density at radius 3 is 2.90 bits per heavy atom. The number of hydrogen-bond acceptors (Lipinski definition) is 3. The third kappa shape index (κ3) is 2.35. The first-order valence-corrected chi connectivity index (χ1v) is 6.52. The summed E-state index contributed by atoms with van der Waals surface area (Å²) in [7, 11) is 0. The molecule has 0 aliphatic carbocycles. The lowest BCUT2D eigenvalue weighted by atomic mass is 10.2. The Balaban J connectivity index is 1.96. The second-order valence-corrected chi connectivity index (χ2v) is 4.94. The summed E-state index contributed by atoms with van der Waals surface area (Å²) in [5.41, 5.74) is 7.50. The molecule has 5 nitrogen and oxygen atoms in total. The fourth-order valence-electron chi connectivity index (χ4n) is 2.21. The van der Waals surface area contributed by atoms with Crippen LogP contribution in [0.5, 0.6) is 0 Å². The van der Waals surface area contributed by atoms with Crippen LogP contribution < -0.4 is 11.3 Å². The van der Waals surface area contributed by atoms with Crippen LogP contribution in [-0.2, 0) is 6.54 Å². The van der Waals surface area contributed by atoms with Crippen molar-refractivity contribution in [2.75, 3.05) is 0 Å². The van der Waals surface area contributed by atoms with Gasteiger partial charge in [0.25, 0.3) is 5.56 Å². The zero-order valence-corrected chi connectivity index (χ0v) is 11.2. The molecule has 102 valence electrons. The molecule has 20 heavy (non-hydrogen) atoms. The van der Waals surface area contributed by atoms with Gasteiger partial charge in [0.05, 0.1) is 17.4 Å². The van der Waals surface area contributed by atoms with E-state index in [2.05, 4.69) is 9.97 Å². The highest BCUT2D eigenvalue weighted by Crippen LogP contribution is 2.11. The zero-order chi connectivity index (χ0) is 14.1. The molecule has 3 aromatic rings. The number of hydrogen-bond donors (Lipinski definition) is 2. The Bertz CT molecular complexity index is 801. The molecule has 2 heterocycles. The molecule has 3 N–H and O–H groups in total. The Kier molecular flexibility index (Phi) is 3.12. The van der Waals surface area contributed by atoms with Crippen LogP contribution in [0.25, 0.3) is 10.9 Å². The van der Waals surface area contributed by atoms with Crippen molar-refractivity contribution in [1.82, 2.24) is 14.5 Å². The molecule has 1 unspecified atom stereocenters. The van der Waals surface area contributed by atoms with Crippen molar-refractivity contribution >= 4 is 10.9 Å². The van der Waals surface area contributed by atoms with Crippen LogP contribution in [0, 0.1) is 0 Å². The molecular formula is C15H16N4O. The van der Waals surface area contributed by atoms with Crippen LogP contribution in [-0.4, -0.2) is 14.5 Å². The standard InChI is InChI=1S/C15H16N4O/c1-10(16)11-6-7-19(8-11)9-14-17-13-5-3-2-4-12(13)15(20)18-14/h2-8,10H,9,16H2,1H3,(H,17,18,20). The van der Waals surface area contributed by atoms with Gasteiger partial charge in [0, 0.05) is 18.4 Å². The topological polar surface area (TPSA) is 76.7 Å². The molecule has 5 heteroatoms. The summed E-state index contributed by atoms with van der Waals surface area (Å²) in [4.78, 5) is 19.3. The van der Waals surface area contributed by atoms with E-state index in [0.29, 0.717) is 23.3 Å². The number of nitrogens with zero attached hydrogens (tertiary/aromatic N) is 2. The normalized spacial score (nSPS) is 12.7. The van der Waals surface area contributed by atoms with Gasteiger partial charge in [0.1, 0.15) is 5.82 Å². The van der Waals surface area contributed by atoms with Crippen molar-refractivity contribution in [2.24, 2.45) is 5.73 Å². The molecule has 1 aromatic carbocycles. The maximum atomic E-state index is 12.0. The first-order chi connectivity index (χ1) is 9.63. The minimum Gasteiger partial charge on any atom is -0.346 e. The highest BCUT2D eigenvalue weighted by molar-refractivity contribution is 5.77. The molecule has 0 saturated carbocycles. The second kappa shape index (κ2) is 4.94. The maximum Gasteiger partial charge on any atom is 0.258 e. The molecule has 1 atom stereocenters. The lowest BCUT2D eigenvalue weighted by molar-refractivity contribution is 0.739. The molecule has 2 aromatic heterocycles. The number of para-hydroxylation sites is 1. The van der Waals surface area contributed by atoms with Crippen molar-refractivity contribution in [1.29, 1.82) is 0 Å². The molecule has 0 aliphatic heterocycles. The van der Waals surface area contributed by atoms with Crippen molar-refractivity contribution in [3.63, 3.8) is 0 Å². The van der Waals surface area contributed by atoms with Crippen LogP contribution in [0.3, 0.4) is 0 Å². The summed E-state index contributed by atoms with van der Waals surface area (Å²) in [5, 5.41) is 0.611. The van der Waals surface area contributed by atoms with Gasteiger partial charge in [-0.15, -0.1) is 0 Å². The van der Waals surface area contributed by atoms with Gasteiger partial charge in [-0.2, -0.15) is 0 Å². The fourth-order valence-corrected chi connectivity index (χ4v) is 2.21. The van der Waals surface area contributed by atoms with Crippen LogP contribution in [0.2, 0.25) is 0 Å². The molecule has 0 aliphatic rings. The third-order valence-corrected chi connectivity index (χ3v) is 3.29. The lowest BCUT2D eigenvalue weighted by Gasteiger charge is -2.05. The Hall–Kier alpha value is -2.40. The number of H-pyrrole nitrogens is 1. The van der Waals surface area contributed by atoms with Gasteiger partial charge in [0.2, 0.25) is 0 Å². The van der Waals surface area contributed by atoms with Crippen molar-refractivity contribution in [2.45, 2.75) is 19.5 Å². The van der Waals surface area contributed by atoms with Crippen molar-refractivity contribution in [3.8, 4) is 0 Å². The quantitative estimate of drug-likeness (QED) is 0.760. The molecule has 0 spiro atoms. The van der Waals surface area contributed by atoms with E-state index in [4.69, 9.17) is 5.73 Å². The smallest absolute Gasteiger partial charge is 0.258 e. The highest BCUT2D eigenvalue weighted by Gasteiger charge is 2.05. The molecule has 0 radical (unpaired) electrons. The maximum absolute atomic E-state index is 12.0. The van der Waals surface area contributed by atoms with Crippen molar-refractivity contribution in [3.05, 3.63) is 64.5 Å². The van der Waals surface area contributed by atoms with E-state index in [1.807, 2.05) is 48.1 Å². The van der Waals surface area contributed by atoms with Crippen LogP contribution >= 0.6 is 0 Å². The van der Waals surface area contributed by atoms with Crippen LogP contribution in [0.4, 0.5) is 0 Å². The summed E-state index contributed by atoms with van der Waals surface area (Å²) in [6.45, 7) is 2.46. The summed E-state index contributed by atoms with van der Waals surface area (Å²) < 4.78 is 1.96. The van der Waals surface area contributed by atoms with Gasteiger partial charge >= 0.3 is 0 Å². The first kappa shape index (κ1) is 12.6. The molecule has 0 bridgehead atoms. The summed E-state index contributed by atoms with van der Waals surface area (Å²) in [6.07, 6.45) is 3.91. The lowest BCUT2D eigenvalue weighted by Crippen LogP contribution is -2.14. The average Bonchev–Trinajstić information content (AvgIpc) is 2.87. The van der Waals surface area contributed by atoms with Gasteiger partial charge < -0.3 is 15.3 Å². The number of aromatic amines is 1. The summed E-state index contributed by atoms with van der Waals surface area (Å²) in [6, 6.07) is 9.30. The van der Waals surface area contributed by atoms with E-state index in [0.717, 1.165) is 5.56 Å². The highest BCUT2D eigenvalue weighted by atomic mass is 16.1. The van der Waals surface area contributed by atoms with Gasteiger partial charge in [-0.05, 0) is 30.7 Å². The first-order valence-electron chi connectivity index (χ1n) is 6.52. The number of rotatable bonds is 3. The largest absolute Gasteiger partial charge is 0.346 e. The van der Waals surface area contributed by atoms with E-state index in [9.17, 15) is 4.79 Å². The molecule has 0 fully saturated rings. The van der Waals surface area contributed by atoms with Crippen LogP contribution in [0.1, 0.15) is 24.4 Å². The van der Waals surface area contributed by atoms with E-state index in [1.165, 1.54) is 0 Å². The van der Waals surface area contributed by atoms with Crippen LogP contribution in [0.15, 0.2) is 47.5 Å². The summed E-state index contributed by atoms with van der Waals surface area (Å²) in [5.74, 6) is 0.639. The van der Waals surface area contributed by atoms with E-state index in [-0.39, 0.29) is 11.6 Å². The monoisotopic (exact) mass is 268 g/mol.